The van der Waals surface area contributed by atoms with Crippen molar-refractivity contribution in [3.63, 3.8) is 0 Å². The molecule has 11 heteroatoms. The zero-order valence-electron chi connectivity index (χ0n) is 21.9. The third-order valence-corrected chi connectivity index (χ3v) is 8.62. The smallest absolute Gasteiger partial charge is 0.307 e. The van der Waals surface area contributed by atoms with Gasteiger partial charge in [-0.15, -0.1) is 0 Å². The summed E-state index contributed by atoms with van der Waals surface area (Å²) in [6.45, 7) is 8.37. The Hall–Kier alpha value is -2.62. The van der Waals surface area contributed by atoms with Gasteiger partial charge in [0, 0.05) is 42.3 Å². The third-order valence-electron chi connectivity index (χ3n) is 8.06. The van der Waals surface area contributed by atoms with Gasteiger partial charge in [0.15, 0.2) is 0 Å². The van der Waals surface area contributed by atoms with Crippen molar-refractivity contribution in [2.75, 3.05) is 42.9 Å². The maximum absolute atomic E-state index is 11.3. The van der Waals surface area contributed by atoms with E-state index < -0.39 is 5.97 Å². The number of carboxylic acid groups (broad SMARTS) is 1. The first-order valence-corrected chi connectivity index (χ1v) is 14.2. The van der Waals surface area contributed by atoms with Crippen LogP contribution in [0.2, 0.25) is 10.0 Å². The molecule has 3 atom stereocenters. The highest BCUT2D eigenvalue weighted by Gasteiger charge is 2.32. The Morgan fingerprint density at radius 1 is 1.13 bits per heavy atom. The fourth-order valence-electron chi connectivity index (χ4n) is 5.92. The minimum atomic E-state index is -0.711. The second-order valence-electron chi connectivity index (χ2n) is 10.7. The number of halogens is 2. The van der Waals surface area contributed by atoms with Crippen LogP contribution in [-0.2, 0) is 4.79 Å². The summed E-state index contributed by atoms with van der Waals surface area (Å²) in [5.41, 5.74) is 0.947. The molecule has 5 rings (SSSR count). The molecule has 2 aliphatic rings. The minimum Gasteiger partial charge on any atom is -0.481 e. The van der Waals surface area contributed by atoms with Crippen molar-refractivity contribution in [2.24, 2.45) is 17.8 Å². The van der Waals surface area contributed by atoms with E-state index in [0.29, 0.717) is 34.2 Å². The summed E-state index contributed by atoms with van der Waals surface area (Å²) in [5, 5.41) is 18.4. The molecule has 2 aromatic heterocycles. The van der Waals surface area contributed by atoms with E-state index in [-0.39, 0.29) is 12.0 Å². The van der Waals surface area contributed by atoms with Crippen molar-refractivity contribution >= 4 is 46.6 Å². The maximum Gasteiger partial charge on any atom is 0.307 e. The summed E-state index contributed by atoms with van der Waals surface area (Å²) in [6.07, 6.45) is 6.10. The average Bonchev–Trinajstić information content (AvgIpc) is 3.38. The van der Waals surface area contributed by atoms with E-state index in [4.69, 9.17) is 28.2 Å². The van der Waals surface area contributed by atoms with E-state index in [1.54, 1.807) is 17.5 Å². The van der Waals surface area contributed by atoms with Gasteiger partial charge < -0.3 is 20.2 Å². The molecule has 0 bridgehead atoms. The number of likely N-dealkylation sites (tertiary alicyclic amines) is 1. The summed E-state index contributed by atoms with van der Waals surface area (Å²) in [5.74, 6) is 2.49. The topological polar surface area (TPSA) is 98.9 Å². The van der Waals surface area contributed by atoms with Gasteiger partial charge in [0.05, 0.1) is 12.0 Å². The summed E-state index contributed by atoms with van der Waals surface area (Å²) in [7, 11) is 0. The van der Waals surface area contributed by atoms with Crippen LogP contribution in [0.5, 0.6) is 0 Å². The van der Waals surface area contributed by atoms with E-state index in [1.165, 1.54) is 12.7 Å². The molecule has 2 N–H and O–H groups in total. The van der Waals surface area contributed by atoms with Crippen LogP contribution in [0.25, 0.3) is 5.78 Å². The highest BCUT2D eigenvalue weighted by Crippen LogP contribution is 2.34. The van der Waals surface area contributed by atoms with Crippen molar-refractivity contribution in [2.45, 2.75) is 45.6 Å². The molecule has 0 saturated carbocycles. The molecule has 1 unspecified atom stereocenters. The third kappa shape index (κ3) is 6.00. The van der Waals surface area contributed by atoms with Gasteiger partial charge in [0.1, 0.15) is 18.0 Å². The number of anilines is 2. The first-order chi connectivity index (χ1) is 18.3. The Labute approximate surface area is 233 Å². The normalized spacial score (nSPS) is 20.9. The predicted molar refractivity (Wildman–Crippen MR) is 150 cm³/mol. The number of carboxylic acids is 1. The molecule has 204 valence electrons. The number of nitrogens with zero attached hydrogens (tertiary/aromatic N) is 6. The number of fused-ring (bicyclic) bond motifs is 1. The lowest BCUT2D eigenvalue weighted by Gasteiger charge is -2.41. The lowest BCUT2D eigenvalue weighted by Crippen LogP contribution is -2.44. The molecule has 0 aliphatic carbocycles. The van der Waals surface area contributed by atoms with Crippen molar-refractivity contribution in [1.82, 2.24) is 24.5 Å². The minimum absolute atomic E-state index is 0.0776. The van der Waals surface area contributed by atoms with Crippen molar-refractivity contribution < 1.29 is 9.90 Å². The Morgan fingerprint density at radius 3 is 2.66 bits per heavy atom. The van der Waals surface area contributed by atoms with Crippen LogP contribution < -0.4 is 10.2 Å². The number of piperidine rings is 2. The lowest BCUT2D eigenvalue weighted by molar-refractivity contribution is -0.141. The Balaban J connectivity index is 1.25. The summed E-state index contributed by atoms with van der Waals surface area (Å²) < 4.78 is 1.71. The quantitative estimate of drug-likeness (QED) is 0.386. The molecule has 2 aliphatic heterocycles. The molecular weight excluding hydrogens is 525 g/mol. The van der Waals surface area contributed by atoms with E-state index in [1.807, 2.05) is 25.1 Å². The molecule has 0 radical (unpaired) electrons. The van der Waals surface area contributed by atoms with E-state index in [2.05, 4.69) is 25.2 Å². The number of aliphatic carboxylic acids is 1. The van der Waals surface area contributed by atoms with Gasteiger partial charge >= 0.3 is 5.97 Å². The molecule has 0 amide bonds. The van der Waals surface area contributed by atoms with Gasteiger partial charge in [-0.2, -0.15) is 19.6 Å². The second kappa shape index (κ2) is 11.6. The summed E-state index contributed by atoms with van der Waals surface area (Å²) in [4.78, 5) is 25.2. The highest BCUT2D eigenvalue weighted by molar-refractivity contribution is 6.35. The number of hydrogen-bond donors (Lipinski definition) is 2. The van der Waals surface area contributed by atoms with Gasteiger partial charge in [-0.1, -0.05) is 36.2 Å². The number of rotatable bonds is 8. The molecule has 2 saturated heterocycles. The fraction of sp³-hybridized carbons (Fsp3) is 0.556. The number of hydrogen-bond acceptors (Lipinski definition) is 7. The fourth-order valence-corrected chi connectivity index (χ4v) is 6.50. The van der Waals surface area contributed by atoms with E-state index >= 15 is 0 Å². The zero-order valence-corrected chi connectivity index (χ0v) is 23.4. The number of carbonyl (C=O) groups is 1. The van der Waals surface area contributed by atoms with Gasteiger partial charge in [-0.05, 0) is 68.7 Å². The van der Waals surface area contributed by atoms with Crippen LogP contribution in [0.15, 0.2) is 30.6 Å². The van der Waals surface area contributed by atoms with Gasteiger partial charge in [-0.3, -0.25) is 4.79 Å². The van der Waals surface area contributed by atoms with E-state index in [0.717, 1.165) is 62.6 Å². The largest absolute Gasteiger partial charge is 0.481 e. The molecule has 4 heterocycles. The molecule has 1 aromatic carbocycles. The Kier molecular flexibility index (Phi) is 8.26. The number of nitrogens with one attached hydrogen (secondary N) is 1. The number of benzene rings is 1. The highest BCUT2D eigenvalue weighted by atomic mass is 35.5. The first-order valence-electron chi connectivity index (χ1n) is 13.4. The van der Waals surface area contributed by atoms with Crippen LogP contribution in [0.4, 0.5) is 11.6 Å². The zero-order chi connectivity index (χ0) is 26.8. The number of aromatic nitrogens is 4. The van der Waals surface area contributed by atoms with Crippen LogP contribution in [0.3, 0.4) is 0 Å². The molecule has 3 aromatic rings. The van der Waals surface area contributed by atoms with Crippen molar-refractivity contribution in [3.05, 3.63) is 46.2 Å². The van der Waals surface area contributed by atoms with Crippen LogP contribution >= 0.6 is 23.2 Å². The van der Waals surface area contributed by atoms with Gasteiger partial charge in [0.25, 0.3) is 5.78 Å². The molecule has 2 fully saturated rings. The van der Waals surface area contributed by atoms with Crippen molar-refractivity contribution in [3.8, 4) is 0 Å². The summed E-state index contributed by atoms with van der Waals surface area (Å²) >= 11 is 12.5. The summed E-state index contributed by atoms with van der Waals surface area (Å²) in [6, 6.07) is 7.49. The molecule has 38 heavy (non-hydrogen) atoms. The van der Waals surface area contributed by atoms with Gasteiger partial charge in [0.2, 0.25) is 0 Å². The molecular formula is C27H35Cl2N7O2. The standard InChI is InChI=1S/C27H35Cl2N7O2/c1-17(26(37)38)14-34-9-3-4-20(15-34)19-7-10-35(11-8-19)24-13-25(36-27(33-24)30-16-31-36)32-18(2)22-6-5-21(28)12-23(22)29/h5-6,12-13,16-20,32H,3-4,7-11,14-15H2,1-2H3,(H,37,38)/t17?,18-,20+/m1/s1. The molecule has 0 spiro atoms. The lowest BCUT2D eigenvalue weighted by atomic mass is 9.79. The van der Waals surface area contributed by atoms with Gasteiger partial charge in [-0.25, -0.2) is 0 Å². The van der Waals surface area contributed by atoms with E-state index in [9.17, 15) is 9.90 Å². The van der Waals surface area contributed by atoms with Crippen LogP contribution in [-0.4, -0.2) is 68.3 Å². The van der Waals surface area contributed by atoms with Crippen molar-refractivity contribution in [1.29, 1.82) is 0 Å². The predicted octanol–water partition coefficient (Wildman–Crippen LogP) is 5.25. The first kappa shape index (κ1) is 27.0. The maximum atomic E-state index is 11.3. The Bertz CT molecular complexity index is 1280. The Morgan fingerprint density at radius 2 is 1.92 bits per heavy atom. The SMILES string of the molecule is CC(CN1CCC[C@H](C2CCN(c3cc(N[C@H](C)c4ccc(Cl)cc4Cl)n4ncnc4n3)CC2)C1)C(=O)O. The van der Waals surface area contributed by atoms with Crippen LogP contribution in [0.1, 0.15) is 51.1 Å². The van der Waals surface area contributed by atoms with Crippen LogP contribution in [0, 0.1) is 17.8 Å². The second-order valence-corrected chi connectivity index (χ2v) is 11.6. The average molecular weight is 561 g/mol. The monoisotopic (exact) mass is 559 g/mol. The molecule has 9 nitrogen and oxygen atoms in total.